The number of nitrogens with zero attached hydrogens (tertiary/aromatic N) is 1. The van der Waals surface area contributed by atoms with E-state index in [0.717, 1.165) is 20.0 Å². The normalized spacial score (nSPS) is 11.1. The summed E-state index contributed by atoms with van der Waals surface area (Å²) in [6, 6.07) is 9.54. The van der Waals surface area contributed by atoms with Gasteiger partial charge in [0.2, 0.25) is 0 Å². The van der Waals surface area contributed by atoms with Crippen LogP contribution in [0.4, 0.5) is 5.82 Å². The van der Waals surface area contributed by atoms with E-state index < -0.39 is 0 Å². The Morgan fingerprint density at radius 3 is 2.88 bits per heavy atom. The molecule has 0 spiro atoms. The molecule has 1 aromatic carbocycles. The van der Waals surface area contributed by atoms with Gasteiger partial charge in [-0.15, -0.1) is 11.3 Å². The van der Waals surface area contributed by atoms with E-state index in [4.69, 9.17) is 21.9 Å². The number of anilines is 1. The third-order valence-electron chi connectivity index (χ3n) is 2.25. The largest absolute Gasteiger partial charge is 0.381 e. The predicted molar refractivity (Wildman–Crippen MR) is 66.7 cm³/mol. The zero-order chi connectivity index (χ0) is 11.1. The summed E-state index contributed by atoms with van der Waals surface area (Å²) in [5, 5.41) is 5.54. The summed E-state index contributed by atoms with van der Waals surface area (Å²) in [6.07, 6.45) is 0. The van der Waals surface area contributed by atoms with Gasteiger partial charge in [-0.2, -0.15) is 0 Å². The fourth-order valence-corrected chi connectivity index (χ4v) is 2.82. The van der Waals surface area contributed by atoms with Crippen molar-refractivity contribution in [3.63, 3.8) is 0 Å². The van der Waals surface area contributed by atoms with Crippen LogP contribution in [-0.2, 0) is 0 Å². The maximum absolute atomic E-state index is 5.93. The van der Waals surface area contributed by atoms with Crippen LogP contribution in [0.2, 0.25) is 5.02 Å². The number of halogens is 1. The van der Waals surface area contributed by atoms with Crippen LogP contribution in [0, 0.1) is 0 Å². The van der Waals surface area contributed by atoms with Crippen LogP contribution in [-0.4, -0.2) is 5.16 Å². The number of fused-ring (bicyclic) bond motifs is 1. The van der Waals surface area contributed by atoms with Gasteiger partial charge in [0.15, 0.2) is 11.6 Å². The zero-order valence-corrected chi connectivity index (χ0v) is 9.68. The molecule has 3 nitrogen and oxygen atoms in total. The third kappa shape index (κ3) is 1.56. The van der Waals surface area contributed by atoms with Gasteiger partial charge in [0, 0.05) is 15.8 Å². The molecule has 80 valence electrons. The first-order chi connectivity index (χ1) is 7.72. The molecule has 0 aliphatic rings. The number of benzene rings is 1. The van der Waals surface area contributed by atoms with E-state index in [0.29, 0.717) is 11.6 Å². The molecule has 3 aromatic rings. The topological polar surface area (TPSA) is 52.0 Å². The summed E-state index contributed by atoms with van der Waals surface area (Å²) in [7, 11) is 0. The Kier molecular flexibility index (Phi) is 2.12. The number of hydrogen-bond acceptors (Lipinski definition) is 4. The molecule has 0 saturated carbocycles. The highest BCUT2D eigenvalue weighted by Crippen LogP contribution is 2.35. The number of rotatable bonds is 1. The minimum atomic E-state index is 0.394. The van der Waals surface area contributed by atoms with E-state index in [2.05, 4.69) is 5.16 Å². The van der Waals surface area contributed by atoms with Crippen LogP contribution in [0.25, 0.3) is 20.7 Å². The minimum Gasteiger partial charge on any atom is -0.381 e. The van der Waals surface area contributed by atoms with Crippen molar-refractivity contribution in [2.75, 3.05) is 5.73 Å². The standard InChI is InChI=1S/C11H7ClN2OS/c12-7-2-1-6-3-10(16-9(6)4-7)8-5-11(13)14-15-8/h1-5H,(H2,13,14). The summed E-state index contributed by atoms with van der Waals surface area (Å²) in [5.74, 6) is 1.08. The van der Waals surface area contributed by atoms with Crippen molar-refractivity contribution in [2.45, 2.75) is 0 Å². The van der Waals surface area contributed by atoms with Crippen molar-refractivity contribution in [2.24, 2.45) is 0 Å². The van der Waals surface area contributed by atoms with Crippen LogP contribution < -0.4 is 5.73 Å². The van der Waals surface area contributed by atoms with Gasteiger partial charge in [-0.1, -0.05) is 22.8 Å². The molecule has 2 aromatic heterocycles. The van der Waals surface area contributed by atoms with Crippen molar-refractivity contribution in [1.29, 1.82) is 0 Å². The number of nitrogen functional groups attached to an aromatic ring is 1. The maximum Gasteiger partial charge on any atom is 0.179 e. The Balaban J connectivity index is 2.18. The first-order valence-electron chi connectivity index (χ1n) is 4.64. The fraction of sp³-hybridized carbons (Fsp3) is 0. The second-order valence-electron chi connectivity index (χ2n) is 3.41. The first kappa shape index (κ1) is 9.69. The molecule has 0 aliphatic heterocycles. The van der Waals surface area contributed by atoms with Crippen molar-refractivity contribution in [3.05, 3.63) is 35.4 Å². The Morgan fingerprint density at radius 2 is 2.12 bits per heavy atom. The molecule has 0 radical (unpaired) electrons. The van der Waals surface area contributed by atoms with Crippen LogP contribution >= 0.6 is 22.9 Å². The van der Waals surface area contributed by atoms with Crippen LogP contribution in [0.3, 0.4) is 0 Å². The van der Waals surface area contributed by atoms with Gasteiger partial charge in [0.1, 0.15) is 0 Å². The summed E-state index contributed by atoms with van der Waals surface area (Å²) in [4.78, 5) is 1.00. The predicted octanol–water partition coefficient (Wildman–Crippen LogP) is 3.79. The molecule has 0 unspecified atom stereocenters. The molecule has 0 aliphatic carbocycles. The molecular formula is C11H7ClN2OS. The van der Waals surface area contributed by atoms with Crippen LogP contribution in [0.15, 0.2) is 34.9 Å². The van der Waals surface area contributed by atoms with E-state index in [1.165, 1.54) is 0 Å². The molecule has 5 heteroatoms. The van der Waals surface area contributed by atoms with Crippen molar-refractivity contribution >= 4 is 38.8 Å². The third-order valence-corrected chi connectivity index (χ3v) is 3.60. The second-order valence-corrected chi connectivity index (χ2v) is 4.93. The minimum absolute atomic E-state index is 0.394. The molecule has 16 heavy (non-hydrogen) atoms. The van der Waals surface area contributed by atoms with Crippen molar-refractivity contribution < 1.29 is 4.52 Å². The number of thiophene rings is 1. The lowest BCUT2D eigenvalue weighted by molar-refractivity contribution is 0.436. The Morgan fingerprint density at radius 1 is 1.25 bits per heavy atom. The Labute approximate surface area is 100 Å². The molecule has 2 heterocycles. The highest BCUT2D eigenvalue weighted by Gasteiger charge is 2.09. The summed E-state index contributed by atoms with van der Waals surface area (Å²) in [5.41, 5.74) is 5.51. The van der Waals surface area contributed by atoms with E-state index in [1.807, 2.05) is 24.3 Å². The van der Waals surface area contributed by atoms with Gasteiger partial charge in [0.05, 0.1) is 4.88 Å². The van der Waals surface area contributed by atoms with Gasteiger partial charge in [-0.05, 0) is 23.6 Å². The van der Waals surface area contributed by atoms with E-state index in [9.17, 15) is 0 Å². The summed E-state index contributed by atoms with van der Waals surface area (Å²) in [6.45, 7) is 0. The van der Waals surface area contributed by atoms with Crippen molar-refractivity contribution in [3.8, 4) is 10.6 Å². The molecular weight excluding hydrogens is 244 g/mol. The van der Waals surface area contributed by atoms with Gasteiger partial charge < -0.3 is 10.3 Å². The van der Waals surface area contributed by atoms with E-state index in [1.54, 1.807) is 17.4 Å². The number of hydrogen-bond donors (Lipinski definition) is 1. The highest BCUT2D eigenvalue weighted by molar-refractivity contribution is 7.22. The van der Waals surface area contributed by atoms with E-state index in [-0.39, 0.29) is 0 Å². The molecule has 0 saturated heterocycles. The molecule has 0 atom stereocenters. The molecule has 0 fully saturated rings. The summed E-state index contributed by atoms with van der Waals surface area (Å²) >= 11 is 7.53. The lowest BCUT2D eigenvalue weighted by Gasteiger charge is -1.87. The molecule has 0 amide bonds. The number of nitrogens with two attached hydrogens (primary N) is 1. The molecule has 0 bridgehead atoms. The lowest BCUT2D eigenvalue weighted by atomic mass is 10.2. The lowest BCUT2D eigenvalue weighted by Crippen LogP contribution is -1.79. The quantitative estimate of drug-likeness (QED) is 0.715. The second kappa shape index (κ2) is 3.50. The molecule has 3 rings (SSSR count). The Hall–Kier alpha value is -1.52. The molecule has 2 N–H and O–H groups in total. The van der Waals surface area contributed by atoms with Gasteiger partial charge in [0.25, 0.3) is 0 Å². The van der Waals surface area contributed by atoms with Gasteiger partial charge >= 0.3 is 0 Å². The first-order valence-corrected chi connectivity index (χ1v) is 5.83. The average Bonchev–Trinajstić information content (AvgIpc) is 2.83. The Bertz CT molecular complexity index is 659. The summed E-state index contributed by atoms with van der Waals surface area (Å²) < 4.78 is 6.24. The monoisotopic (exact) mass is 250 g/mol. The fourth-order valence-electron chi connectivity index (χ4n) is 1.53. The average molecular weight is 251 g/mol. The smallest absolute Gasteiger partial charge is 0.179 e. The zero-order valence-electron chi connectivity index (χ0n) is 8.11. The SMILES string of the molecule is Nc1cc(-c2cc3ccc(Cl)cc3s2)on1. The number of aromatic nitrogens is 1. The van der Waals surface area contributed by atoms with E-state index >= 15 is 0 Å². The van der Waals surface area contributed by atoms with Crippen LogP contribution in [0.5, 0.6) is 0 Å². The highest BCUT2D eigenvalue weighted by atomic mass is 35.5. The van der Waals surface area contributed by atoms with Crippen molar-refractivity contribution in [1.82, 2.24) is 5.16 Å². The van der Waals surface area contributed by atoms with Gasteiger partial charge in [-0.25, -0.2) is 0 Å². The van der Waals surface area contributed by atoms with Crippen LogP contribution in [0.1, 0.15) is 0 Å². The maximum atomic E-state index is 5.93. The van der Waals surface area contributed by atoms with Gasteiger partial charge in [-0.3, -0.25) is 0 Å².